The number of rotatable bonds is 6. The molecule has 3 aromatic rings. The minimum Gasteiger partial charge on any atom is -0.457 e. The summed E-state index contributed by atoms with van der Waals surface area (Å²) in [5, 5.41) is 13.5. The Morgan fingerprint density at radius 3 is 2.33 bits per heavy atom. The first-order valence-electron chi connectivity index (χ1n) is 8.17. The van der Waals surface area contributed by atoms with Gasteiger partial charge in [-0.1, -0.05) is 30.3 Å². The average Bonchev–Trinajstić information content (AvgIpc) is 2.69. The molecular formula is C21H16N2O4. The van der Waals surface area contributed by atoms with Crippen LogP contribution in [0.1, 0.15) is 5.56 Å². The Kier molecular flexibility index (Phi) is 5.59. The van der Waals surface area contributed by atoms with Gasteiger partial charge in [-0.25, -0.2) is 0 Å². The zero-order chi connectivity index (χ0) is 19.1. The maximum atomic E-state index is 12.0. The number of nitrogens with zero attached hydrogens (tertiary/aromatic N) is 1. The van der Waals surface area contributed by atoms with Crippen LogP contribution in [-0.4, -0.2) is 10.8 Å². The molecule has 3 rings (SSSR count). The van der Waals surface area contributed by atoms with Crippen LogP contribution in [0.5, 0.6) is 11.5 Å². The third kappa shape index (κ3) is 5.27. The second kappa shape index (κ2) is 8.44. The van der Waals surface area contributed by atoms with Crippen molar-refractivity contribution in [3.63, 3.8) is 0 Å². The molecule has 134 valence electrons. The van der Waals surface area contributed by atoms with Crippen LogP contribution in [0, 0.1) is 10.1 Å². The monoisotopic (exact) mass is 360 g/mol. The van der Waals surface area contributed by atoms with Gasteiger partial charge in [0.2, 0.25) is 5.91 Å². The van der Waals surface area contributed by atoms with Crippen molar-refractivity contribution in [2.24, 2.45) is 0 Å². The Balaban J connectivity index is 1.59. The molecule has 0 saturated heterocycles. The van der Waals surface area contributed by atoms with Crippen LogP contribution in [0.3, 0.4) is 0 Å². The number of nitro groups is 1. The van der Waals surface area contributed by atoms with Crippen molar-refractivity contribution < 1.29 is 14.5 Å². The van der Waals surface area contributed by atoms with Crippen molar-refractivity contribution in [2.75, 3.05) is 5.32 Å². The summed E-state index contributed by atoms with van der Waals surface area (Å²) >= 11 is 0. The van der Waals surface area contributed by atoms with E-state index >= 15 is 0 Å². The van der Waals surface area contributed by atoms with Crippen molar-refractivity contribution >= 4 is 23.4 Å². The lowest BCUT2D eigenvalue weighted by molar-refractivity contribution is -0.384. The maximum absolute atomic E-state index is 12.0. The molecule has 0 radical (unpaired) electrons. The van der Waals surface area contributed by atoms with Crippen molar-refractivity contribution in [1.82, 2.24) is 0 Å². The number of hydrogen-bond donors (Lipinski definition) is 1. The first-order chi connectivity index (χ1) is 13.1. The minimum absolute atomic E-state index is 0.0217. The summed E-state index contributed by atoms with van der Waals surface area (Å²) in [4.78, 5) is 22.3. The molecule has 0 aliphatic heterocycles. The van der Waals surface area contributed by atoms with Gasteiger partial charge in [0.15, 0.2) is 0 Å². The molecule has 0 aliphatic rings. The van der Waals surface area contributed by atoms with E-state index in [2.05, 4.69) is 5.32 Å². The van der Waals surface area contributed by atoms with E-state index in [1.807, 2.05) is 30.3 Å². The van der Waals surface area contributed by atoms with Crippen LogP contribution in [0.15, 0.2) is 84.9 Å². The number of carbonyl (C=O) groups excluding carboxylic acids is 1. The van der Waals surface area contributed by atoms with Crippen LogP contribution in [0.4, 0.5) is 11.4 Å². The number of nitro benzene ring substituents is 1. The number of carbonyl (C=O) groups is 1. The molecule has 0 atom stereocenters. The van der Waals surface area contributed by atoms with Gasteiger partial charge in [-0.3, -0.25) is 14.9 Å². The minimum atomic E-state index is -0.476. The average molecular weight is 360 g/mol. The number of non-ortho nitro benzene ring substituents is 1. The highest BCUT2D eigenvalue weighted by Gasteiger charge is 2.04. The summed E-state index contributed by atoms with van der Waals surface area (Å²) in [5.41, 5.74) is 1.17. The molecule has 27 heavy (non-hydrogen) atoms. The van der Waals surface area contributed by atoms with Crippen molar-refractivity contribution in [3.8, 4) is 11.5 Å². The predicted octanol–water partition coefficient (Wildman–Crippen LogP) is 5.04. The maximum Gasteiger partial charge on any atom is 0.270 e. The lowest BCUT2D eigenvalue weighted by atomic mass is 10.2. The third-order valence-corrected chi connectivity index (χ3v) is 3.61. The molecule has 0 fully saturated rings. The molecule has 0 heterocycles. The van der Waals surface area contributed by atoms with Crippen molar-refractivity contribution in [3.05, 3.63) is 101 Å². The highest BCUT2D eigenvalue weighted by atomic mass is 16.6. The summed E-state index contributed by atoms with van der Waals surface area (Å²) < 4.78 is 5.69. The van der Waals surface area contributed by atoms with E-state index in [4.69, 9.17) is 4.74 Å². The van der Waals surface area contributed by atoms with E-state index in [1.165, 1.54) is 24.3 Å². The Hall–Kier alpha value is -3.93. The Morgan fingerprint density at radius 2 is 1.63 bits per heavy atom. The molecule has 0 unspecified atom stereocenters. The fourth-order valence-electron chi connectivity index (χ4n) is 2.33. The second-order valence-electron chi connectivity index (χ2n) is 5.61. The fraction of sp³-hybridized carbons (Fsp3) is 0. The Morgan fingerprint density at radius 1 is 0.926 bits per heavy atom. The third-order valence-electron chi connectivity index (χ3n) is 3.61. The van der Waals surface area contributed by atoms with Crippen molar-refractivity contribution in [2.45, 2.75) is 0 Å². The number of ether oxygens (including phenoxy) is 1. The number of benzene rings is 3. The zero-order valence-electron chi connectivity index (χ0n) is 14.2. The van der Waals surface area contributed by atoms with Gasteiger partial charge in [0, 0.05) is 23.9 Å². The molecule has 0 bridgehead atoms. The van der Waals surface area contributed by atoms with Crippen LogP contribution < -0.4 is 10.1 Å². The number of anilines is 1. The second-order valence-corrected chi connectivity index (χ2v) is 5.61. The number of nitrogens with one attached hydrogen (secondary N) is 1. The number of amides is 1. The predicted molar refractivity (Wildman–Crippen MR) is 104 cm³/mol. The molecule has 6 nitrogen and oxygen atoms in total. The lowest BCUT2D eigenvalue weighted by Crippen LogP contribution is -2.07. The molecule has 6 heteroatoms. The molecular weight excluding hydrogens is 344 g/mol. The van der Waals surface area contributed by atoms with E-state index < -0.39 is 4.92 Å². The van der Waals surface area contributed by atoms with Crippen LogP contribution in [0.2, 0.25) is 0 Å². The van der Waals surface area contributed by atoms with Gasteiger partial charge >= 0.3 is 0 Å². The standard InChI is InChI=1S/C21H16N2O4/c24-21(14-9-16-5-4-6-18(15-16)23(25)26)22-17-10-12-20(13-11-17)27-19-7-2-1-3-8-19/h1-15H,(H,22,24). The van der Waals surface area contributed by atoms with Gasteiger partial charge in [-0.2, -0.15) is 0 Å². The molecule has 3 aromatic carbocycles. The molecule has 1 amide bonds. The first-order valence-corrected chi connectivity index (χ1v) is 8.17. The zero-order valence-corrected chi connectivity index (χ0v) is 14.2. The molecule has 0 spiro atoms. The summed E-state index contributed by atoms with van der Waals surface area (Å²) in [6.45, 7) is 0. The highest BCUT2D eigenvalue weighted by Crippen LogP contribution is 2.22. The normalized spacial score (nSPS) is 10.5. The largest absolute Gasteiger partial charge is 0.457 e. The van der Waals surface area contributed by atoms with Gasteiger partial charge in [0.25, 0.3) is 5.69 Å². The van der Waals surface area contributed by atoms with Gasteiger partial charge < -0.3 is 10.1 Å². The van der Waals surface area contributed by atoms with E-state index in [0.29, 0.717) is 17.0 Å². The van der Waals surface area contributed by atoms with E-state index in [1.54, 1.807) is 36.4 Å². The van der Waals surface area contributed by atoms with Gasteiger partial charge in [-0.05, 0) is 48.0 Å². The SMILES string of the molecule is O=C(C=Cc1cccc([N+](=O)[O-])c1)Nc1ccc(Oc2ccccc2)cc1. The highest BCUT2D eigenvalue weighted by molar-refractivity contribution is 6.01. The summed E-state index contributed by atoms with van der Waals surface area (Å²) in [6.07, 6.45) is 2.85. The summed E-state index contributed by atoms with van der Waals surface area (Å²) in [5.74, 6) is 1.05. The van der Waals surface area contributed by atoms with Crippen LogP contribution in [0.25, 0.3) is 6.08 Å². The smallest absolute Gasteiger partial charge is 0.270 e. The van der Waals surface area contributed by atoms with E-state index in [9.17, 15) is 14.9 Å². The topological polar surface area (TPSA) is 81.5 Å². The molecule has 0 aromatic heterocycles. The van der Waals surface area contributed by atoms with Gasteiger partial charge in [0.05, 0.1) is 4.92 Å². The molecule has 0 saturated carbocycles. The lowest BCUT2D eigenvalue weighted by Gasteiger charge is -2.07. The van der Waals surface area contributed by atoms with Crippen LogP contribution in [-0.2, 0) is 4.79 Å². The fourth-order valence-corrected chi connectivity index (χ4v) is 2.33. The van der Waals surface area contributed by atoms with Crippen LogP contribution >= 0.6 is 0 Å². The van der Waals surface area contributed by atoms with E-state index in [-0.39, 0.29) is 11.6 Å². The van der Waals surface area contributed by atoms with Crippen molar-refractivity contribution in [1.29, 1.82) is 0 Å². The Bertz CT molecular complexity index is 967. The summed E-state index contributed by atoms with van der Waals surface area (Å²) in [7, 11) is 0. The van der Waals surface area contributed by atoms with Gasteiger partial charge in [0.1, 0.15) is 11.5 Å². The number of para-hydroxylation sites is 1. The molecule has 1 N–H and O–H groups in total. The number of hydrogen-bond acceptors (Lipinski definition) is 4. The molecule has 0 aliphatic carbocycles. The first kappa shape index (κ1) is 17.9. The van der Waals surface area contributed by atoms with E-state index in [0.717, 1.165) is 5.75 Å². The Labute approximate surface area is 155 Å². The quantitative estimate of drug-likeness (QED) is 0.379. The summed E-state index contributed by atoms with van der Waals surface area (Å²) in [6, 6.07) is 22.4. The van der Waals surface area contributed by atoms with Gasteiger partial charge in [-0.15, -0.1) is 0 Å².